The molecule has 0 radical (unpaired) electrons. The van der Waals surface area contributed by atoms with Crippen LogP contribution in [-0.2, 0) is 11.3 Å². The molecule has 1 heterocycles. The molecule has 108 valence electrons. The maximum Gasteiger partial charge on any atom is 0.221 e. The lowest BCUT2D eigenvalue weighted by Gasteiger charge is -2.10. The van der Waals surface area contributed by atoms with Gasteiger partial charge in [0.05, 0.1) is 18.0 Å². The predicted octanol–water partition coefficient (Wildman–Crippen LogP) is 2.48. The van der Waals surface area contributed by atoms with Gasteiger partial charge in [-0.2, -0.15) is 0 Å². The molecule has 1 atom stereocenters. The zero-order valence-electron chi connectivity index (χ0n) is 11.8. The third-order valence-corrected chi connectivity index (χ3v) is 3.38. The molecule has 2 aromatic rings. The summed E-state index contributed by atoms with van der Waals surface area (Å²) >= 11 is 6.20. The summed E-state index contributed by atoms with van der Waals surface area (Å²) in [5, 5.41) is 2.38. The van der Waals surface area contributed by atoms with E-state index < -0.39 is 0 Å². The van der Waals surface area contributed by atoms with Crippen molar-refractivity contribution in [2.75, 3.05) is 14.2 Å². The molecule has 5 nitrogen and oxygen atoms in total. The number of hydrogen-bond acceptors (Lipinski definition) is 3. The van der Waals surface area contributed by atoms with Crippen LogP contribution in [0.15, 0.2) is 18.2 Å². The fourth-order valence-electron chi connectivity index (χ4n) is 2.18. The normalized spacial score (nSPS) is 12.4. The van der Waals surface area contributed by atoms with Gasteiger partial charge in [0.15, 0.2) is 0 Å². The zero-order valence-corrected chi connectivity index (χ0v) is 12.6. The molecule has 1 unspecified atom stereocenters. The van der Waals surface area contributed by atoms with Gasteiger partial charge in [-0.25, -0.2) is 4.98 Å². The Morgan fingerprint density at radius 3 is 2.90 bits per heavy atom. The molecule has 0 aliphatic heterocycles. The Hall–Kier alpha value is -1.75. The first kappa shape index (κ1) is 14.7. The number of para-hydroxylation sites is 1. The van der Waals surface area contributed by atoms with Gasteiger partial charge < -0.3 is 14.6 Å². The lowest BCUT2D eigenvalue weighted by atomic mass is 10.3. The molecule has 0 fully saturated rings. The Labute approximate surface area is 122 Å². The fourth-order valence-corrected chi connectivity index (χ4v) is 2.35. The molecule has 1 aromatic heterocycles. The molecule has 0 saturated carbocycles. The van der Waals surface area contributed by atoms with Crippen molar-refractivity contribution in [3.05, 3.63) is 24.0 Å². The van der Waals surface area contributed by atoms with Gasteiger partial charge in [-0.3, -0.25) is 4.79 Å². The number of aryl methyl sites for hydroxylation is 1. The van der Waals surface area contributed by atoms with Gasteiger partial charge >= 0.3 is 0 Å². The van der Waals surface area contributed by atoms with Crippen LogP contribution in [0.1, 0.15) is 24.5 Å². The van der Waals surface area contributed by atoms with Crippen molar-refractivity contribution >= 4 is 28.5 Å². The summed E-state index contributed by atoms with van der Waals surface area (Å²) in [4.78, 5) is 16.0. The van der Waals surface area contributed by atoms with Gasteiger partial charge in [0.2, 0.25) is 5.91 Å². The smallest absolute Gasteiger partial charge is 0.221 e. The molecule has 0 bridgehead atoms. The largest absolute Gasteiger partial charge is 0.494 e. The summed E-state index contributed by atoms with van der Waals surface area (Å²) in [6.07, 6.45) is 0.385. The van der Waals surface area contributed by atoms with Gasteiger partial charge in [-0.1, -0.05) is 6.07 Å². The molecule has 20 heavy (non-hydrogen) atoms. The number of methoxy groups -OCH3 is 1. The van der Waals surface area contributed by atoms with Crippen molar-refractivity contribution in [2.24, 2.45) is 0 Å². The maximum absolute atomic E-state index is 11.4. The Morgan fingerprint density at radius 2 is 2.30 bits per heavy atom. The number of aromatic nitrogens is 2. The standard InChI is InChI=1S/C14H18ClN3O2/c1-9(15)14-17-13-10(5-4-6-11(13)20-3)18(14)8-7-12(19)16-2/h4-6,9H,7-8H2,1-3H3,(H,16,19). The number of nitrogens with zero attached hydrogens (tertiary/aromatic N) is 2. The number of benzene rings is 1. The molecule has 0 spiro atoms. The summed E-state index contributed by atoms with van der Waals surface area (Å²) < 4.78 is 7.30. The molecule has 0 aliphatic carbocycles. The van der Waals surface area contributed by atoms with Crippen molar-refractivity contribution in [1.82, 2.24) is 14.9 Å². The summed E-state index contributed by atoms with van der Waals surface area (Å²) in [6.45, 7) is 2.40. The zero-order chi connectivity index (χ0) is 14.7. The number of fused-ring (bicyclic) bond motifs is 1. The first-order valence-electron chi connectivity index (χ1n) is 6.46. The van der Waals surface area contributed by atoms with Crippen LogP contribution in [0.2, 0.25) is 0 Å². The van der Waals surface area contributed by atoms with Crippen LogP contribution in [0, 0.1) is 0 Å². The van der Waals surface area contributed by atoms with Crippen molar-refractivity contribution < 1.29 is 9.53 Å². The number of nitrogens with one attached hydrogen (secondary N) is 1. The van der Waals surface area contributed by atoms with E-state index in [0.29, 0.717) is 18.7 Å². The first-order chi connectivity index (χ1) is 9.58. The van der Waals surface area contributed by atoms with Crippen LogP contribution in [0.25, 0.3) is 11.0 Å². The highest BCUT2D eigenvalue weighted by atomic mass is 35.5. The summed E-state index contributed by atoms with van der Waals surface area (Å²) in [5.74, 6) is 1.44. The van der Waals surface area contributed by atoms with E-state index >= 15 is 0 Å². The number of carbonyl (C=O) groups excluding carboxylic acids is 1. The van der Waals surface area contributed by atoms with Crippen LogP contribution < -0.4 is 10.1 Å². The maximum atomic E-state index is 11.4. The summed E-state index contributed by atoms with van der Waals surface area (Å²) in [5.41, 5.74) is 1.70. The molecule has 6 heteroatoms. The van der Waals surface area contributed by atoms with E-state index in [0.717, 1.165) is 16.9 Å². The van der Waals surface area contributed by atoms with Crippen LogP contribution in [0.4, 0.5) is 0 Å². The topological polar surface area (TPSA) is 56.2 Å². The second-order valence-corrected chi connectivity index (χ2v) is 5.14. The van der Waals surface area contributed by atoms with E-state index in [-0.39, 0.29) is 11.3 Å². The van der Waals surface area contributed by atoms with E-state index in [1.807, 2.05) is 29.7 Å². The number of imidazole rings is 1. The van der Waals surface area contributed by atoms with Crippen molar-refractivity contribution in [2.45, 2.75) is 25.3 Å². The fraction of sp³-hybridized carbons (Fsp3) is 0.429. The summed E-state index contributed by atoms with van der Waals surface area (Å²) in [6, 6.07) is 5.72. The number of carbonyl (C=O) groups is 1. The third kappa shape index (κ3) is 2.72. The molecule has 0 aliphatic rings. The molecular weight excluding hydrogens is 278 g/mol. The SMILES string of the molecule is CNC(=O)CCn1c(C(C)Cl)nc2c(OC)cccc21. The second-order valence-electron chi connectivity index (χ2n) is 4.49. The molecule has 2 rings (SSSR count). The predicted molar refractivity (Wildman–Crippen MR) is 79.2 cm³/mol. The van der Waals surface area contributed by atoms with Gasteiger partial charge in [0, 0.05) is 20.0 Å². The number of halogens is 1. The minimum Gasteiger partial charge on any atom is -0.494 e. The molecule has 1 N–H and O–H groups in total. The molecule has 0 saturated heterocycles. The Morgan fingerprint density at radius 1 is 1.55 bits per heavy atom. The summed E-state index contributed by atoms with van der Waals surface area (Å²) in [7, 11) is 3.24. The van der Waals surface area contributed by atoms with E-state index in [1.54, 1.807) is 14.2 Å². The van der Waals surface area contributed by atoms with Crippen molar-refractivity contribution in [1.29, 1.82) is 0 Å². The van der Waals surface area contributed by atoms with Crippen molar-refractivity contribution in [3.8, 4) is 5.75 Å². The lowest BCUT2D eigenvalue weighted by Crippen LogP contribution is -2.20. The van der Waals surface area contributed by atoms with E-state index in [9.17, 15) is 4.79 Å². The highest BCUT2D eigenvalue weighted by Gasteiger charge is 2.17. The minimum absolute atomic E-state index is 0.0112. The van der Waals surface area contributed by atoms with Crippen molar-refractivity contribution in [3.63, 3.8) is 0 Å². The third-order valence-electron chi connectivity index (χ3n) is 3.19. The monoisotopic (exact) mass is 295 g/mol. The lowest BCUT2D eigenvalue weighted by molar-refractivity contribution is -0.120. The second kappa shape index (κ2) is 6.13. The van der Waals surface area contributed by atoms with E-state index in [4.69, 9.17) is 16.3 Å². The van der Waals surface area contributed by atoms with Crippen LogP contribution in [0.3, 0.4) is 0 Å². The van der Waals surface area contributed by atoms with Gasteiger partial charge in [-0.15, -0.1) is 11.6 Å². The average Bonchev–Trinajstić information content (AvgIpc) is 2.83. The number of rotatable bonds is 5. The highest BCUT2D eigenvalue weighted by Crippen LogP contribution is 2.30. The van der Waals surface area contributed by atoms with Gasteiger partial charge in [0.1, 0.15) is 17.1 Å². The van der Waals surface area contributed by atoms with Crippen LogP contribution in [0.5, 0.6) is 5.75 Å². The number of alkyl halides is 1. The highest BCUT2D eigenvalue weighted by molar-refractivity contribution is 6.20. The molecule has 1 aromatic carbocycles. The number of hydrogen-bond donors (Lipinski definition) is 1. The Kier molecular flexibility index (Phi) is 4.49. The van der Waals surface area contributed by atoms with Gasteiger partial charge in [-0.05, 0) is 19.1 Å². The number of amides is 1. The van der Waals surface area contributed by atoms with Gasteiger partial charge in [0.25, 0.3) is 0 Å². The van der Waals surface area contributed by atoms with Crippen LogP contribution >= 0.6 is 11.6 Å². The van der Waals surface area contributed by atoms with Crippen LogP contribution in [-0.4, -0.2) is 29.6 Å². The van der Waals surface area contributed by atoms with E-state index in [1.165, 1.54) is 0 Å². The van der Waals surface area contributed by atoms with E-state index in [2.05, 4.69) is 10.3 Å². The quantitative estimate of drug-likeness (QED) is 0.862. The Bertz CT molecular complexity index is 622. The number of ether oxygens (including phenoxy) is 1. The Balaban J connectivity index is 2.49. The molecule has 1 amide bonds. The molecular formula is C14H18ClN3O2. The average molecular weight is 296 g/mol. The first-order valence-corrected chi connectivity index (χ1v) is 6.90. The minimum atomic E-state index is -0.239.